The third-order valence-electron chi connectivity index (χ3n) is 5.75. The number of benzene rings is 1. The van der Waals surface area contributed by atoms with Gasteiger partial charge in [0.2, 0.25) is 0 Å². The van der Waals surface area contributed by atoms with Crippen molar-refractivity contribution in [3.63, 3.8) is 0 Å². The third-order valence-corrected chi connectivity index (χ3v) is 5.75. The third kappa shape index (κ3) is 5.01. The summed E-state index contributed by atoms with van der Waals surface area (Å²) in [5.74, 6) is 0.777. The minimum atomic E-state index is -0.524. The van der Waals surface area contributed by atoms with E-state index in [1.807, 2.05) is 31.7 Å². The van der Waals surface area contributed by atoms with E-state index in [1.54, 1.807) is 6.20 Å². The Hall–Kier alpha value is -2.40. The molecule has 1 amide bonds. The van der Waals surface area contributed by atoms with E-state index in [2.05, 4.69) is 41.3 Å². The molecule has 2 aliphatic rings. The summed E-state index contributed by atoms with van der Waals surface area (Å²) >= 11 is 0. The van der Waals surface area contributed by atoms with E-state index < -0.39 is 5.60 Å². The Balaban J connectivity index is 1.64. The van der Waals surface area contributed by atoms with Crippen molar-refractivity contribution in [2.24, 2.45) is 0 Å². The van der Waals surface area contributed by atoms with Gasteiger partial charge in [0, 0.05) is 30.4 Å². The minimum Gasteiger partial charge on any atom is -0.443 e. The first kappa shape index (κ1) is 20.9. The van der Waals surface area contributed by atoms with Crippen LogP contribution in [0.25, 0.3) is 0 Å². The molecular formula is C25H33N3O2. The van der Waals surface area contributed by atoms with Crippen molar-refractivity contribution in [1.82, 2.24) is 9.88 Å². The monoisotopic (exact) mass is 407 g/mol. The molecule has 4 rings (SSSR count). The van der Waals surface area contributed by atoms with Crippen molar-refractivity contribution in [2.45, 2.75) is 77.1 Å². The lowest BCUT2D eigenvalue weighted by Gasteiger charge is -2.38. The summed E-state index contributed by atoms with van der Waals surface area (Å²) in [6.45, 7) is 7.72. The largest absolute Gasteiger partial charge is 0.443 e. The van der Waals surface area contributed by atoms with Crippen LogP contribution in [-0.2, 0) is 11.3 Å². The van der Waals surface area contributed by atoms with Crippen molar-refractivity contribution < 1.29 is 9.53 Å². The second-order valence-electron chi connectivity index (χ2n) is 9.47. The number of anilines is 1. The smallest absolute Gasteiger partial charge is 0.416 e. The normalized spacial score (nSPS) is 20.0. The van der Waals surface area contributed by atoms with Crippen LogP contribution in [0.3, 0.4) is 0 Å². The number of piperidine rings is 1. The number of likely N-dealkylation sites (tertiary alicyclic amines) is 1. The topological polar surface area (TPSA) is 45.7 Å². The predicted molar refractivity (Wildman–Crippen MR) is 119 cm³/mol. The van der Waals surface area contributed by atoms with E-state index >= 15 is 0 Å². The van der Waals surface area contributed by atoms with Crippen LogP contribution in [0.5, 0.6) is 0 Å². The van der Waals surface area contributed by atoms with E-state index in [-0.39, 0.29) is 18.2 Å². The summed E-state index contributed by atoms with van der Waals surface area (Å²) < 4.78 is 5.75. The van der Waals surface area contributed by atoms with Crippen LogP contribution in [0.15, 0.2) is 48.7 Å². The summed E-state index contributed by atoms with van der Waals surface area (Å²) in [6.07, 6.45) is 7.01. The van der Waals surface area contributed by atoms with Gasteiger partial charge in [-0.25, -0.2) is 9.78 Å². The second-order valence-corrected chi connectivity index (χ2v) is 9.47. The molecule has 1 aliphatic heterocycles. The Morgan fingerprint density at radius 3 is 2.57 bits per heavy atom. The zero-order valence-corrected chi connectivity index (χ0v) is 18.4. The van der Waals surface area contributed by atoms with Gasteiger partial charge in [-0.05, 0) is 64.6 Å². The average molecular weight is 408 g/mol. The fraction of sp³-hybridized carbons (Fsp3) is 0.520. The number of nitrogens with zero attached hydrogens (tertiary/aromatic N) is 3. The summed E-state index contributed by atoms with van der Waals surface area (Å²) in [5.41, 5.74) is 1.94. The molecule has 1 aromatic carbocycles. The maximum atomic E-state index is 13.1. The van der Waals surface area contributed by atoms with Crippen LogP contribution in [0.4, 0.5) is 10.6 Å². The van der Waals surface area contributed by atoms with Crippen LogP contribution >= 0.6 is 0 Å². The quantitative estimate of drug-likeness (QED) is 0.637. The van der Waals surface area contributed by atoms with Crippen LogP contribution in [-0.4, -0.2) is 34.2 Å². The SMILES string of the molecule is CC(C)(C)OC(=O)N(c1ncccc1[C@H]1CCCCN1Cc1ccccc1)C1CC1. The first-order chi connectivity index (χ1) is 14.4. The Morgan fingerprint density at radius 1 is 1.10 bits per heavy atom. The molecule has 0 radical (unpaired) electrons. The standard InChI is InChI=1S/C25H33N3O2/c1-25(2,3)30-24(29)28(20-14-15-20)23-21(12-9-16-26-23)22-13-7-8-17-27(22)18-19-10-5-4-6-11-19/h4-6,9-12,16,20,22H,7-8,13-15,17-18H2,1-3H3/t22-/m1/s1. The number of hydrogen-bond acceptors (Lipinski definition) is 4. The Labute approximate surface area is 180 Å². The molecule has 30 heavy (non-hydrogen) atoms. The van der Waals surface area contributed by atoms with E-state index in [0.717, 1.165) is 43.7 Å². The van der Waals surface area contributed by atoms with Gasteiger partial charge in [-0.1, -0.05) is 42.8 Å². The highest BCUT2D eigenvalue weighted by atomic mass is 16.6. The Morgan fingerprint density at radius 2 is 1.87 bits per heavy atom. The number of pyridine rings is 1. The molecule has 160 valence electrons. The minimum absolute atomic E-state index is 0.194. The second kappa shape index (κ2) is 8.76. The fourth-order valence-corrected chi connectivity index (χ4v) is 4.27. The molecule has 0 bridgehead atoms. The Kier molecular flexibility index (Phi) is 6.09. The highest BCUT2D eigenvalue weighted by molar-refractivity contribution is 5.89. The molecule has 1 atom stereocenters. The van der Waals surface area contributed by atoms with Gasteiger partial charge in [-0.15, -0.1) is 0 Å². The molecule has 1 saturated carbocycles. The van der Waals surface area contributed by atoms with Crippen molar-refractivity contribution in [3.05, 3.63) is 59.8 Å². The number of ether oxygens (including phenoxy) is 1. The van der Waals surface area contributed by atoms with Gasteiger partial charge in [-0.2, -0.15) is 0 Å². The maximum absolute atomic E-state index is 13.1. The predicted octanol–water partition coefficient (Wildman–Crippen LogP) is 5.71. The number of rotatable bonds is 5. The molecule has 0 unspecified atom stereocenters. The maximum Gasteiger partial charge on any atom is 0.416 e. The van der Waals surface area contributed by atoms with E-state index in [9.17, 15) is 4.79 Å². The van der Waals surface area contributed by atoms with Crippen LogP contribution < -0.4 is 4.90 Å². The molecule has 5 heteroatoms. The molecule has 5 nitrogen and oxygen atoms in total. The van der Waals surface area contributed by atoms with Gasteiger partial charge in [-0.3, -0.25) is 9.80 Å². The number of amides is 1. The van der Waals surface area contributed by atoms with Crippen LogP contribution in [0.2, 0.25) is 0 Å². The number of hydrogen-bond donors (Lipinski definition) is 0. The zero-order valence-electron chi connectivity index (χ0n) is 18.4. The summed E-state index contributed by atoms with van der Waals surface area (Å²) in [4.78, 5) is 22.2. The van der Waals surface area contributed by atoms with Crippen molar-refractivity contribution >= 4 is 11.9 Å². The molecule has 1 aromatic heterocycles. The van der Waals surface area contributed by atoms with E-state index in [0.29, 0.717) is 0 Å². The number of aromatic nitrogens is 1. The van der Waals surface area contributed by atoms with Gasteiger partial charge in [0.1, 0.15) is 11.4 Å². The lowest BCUT2D eigenvalue weighted by molar-refractivity contribution is 0.0575. The molecule has 2 heterocycles. The first-order valence-corrected chi connectivity index (χ1v) is 11.2. The summed E-state index contributed by atoms with van der Waals surface area (Å²) in [5, 5.41) is 0. The highest BCUT2D eigenvalue weighted by Gasteiger charge is 2.39. The highest BCUT2D eigenvalue weighted by Crippen LogP contribution is 2.40. The van der Waals surface area contributed by atoms with Gasteiger partial charge in [0.15, 0.2) is 0 Å². The van der Waals surface area contributed by atoms with E-state index in [1.165, 1.54) is 18.4 Å². The van der Waals surface area contributed by atoms with Crippen LogP contribution in [0, 0.1) is 0 Å². The van der Waals surface area contributed by atoms with Gasteiger partial charge < -0.3 is 4.74 Å². The van der Waals surface area contributed by atoms with Crippen molar-refractivity contribution in [2.75, 3.05) is 11.4 Å². The molecular weight excluding hydrogens is 374 g/mol. The first-order valence-electron chi connectivity index (χ1n) is 11.2. The van der Waals surface area contributed by atoms with Crippen molar-refractivity contribution in [3.8, 4) is 0 Å². The Bertz CT molecular complexity index is 858. The number of carbonyl (C=O) groups excluding carboxylic acids is 1. The van der Waals surface area contributed by atoms with Crippen molar-refractivity contribution in [1.29, 1.82) is 0 Å². The molecule has 2 fully saturated rings. The molecule has 2 aromatic rings. The molecule has 0 N–H and O–H groups in total. The summed E-state index contributed by atoms with van der Waals surface area (Å²) in [6, 6.07) is 15.2. The van der Waals surface area contributed by atoms with E-state index in [4.69, 9.17) is 9.72 Å². The molecule has 1 aliphatic carbocycles. The summed E-state index contributed by atoms with van der Waals surface area (Å²) in [7, 11) is 0. The lowest BCUT2D eigenvalue weighted by atomic mass is 9.94. The zero-order chi connectivity index (χ0) is 21.1. The van der Waals surface area contributed by atoms with Gasteiger partial charge in [0.25, 0.3) is 0 Å². The average Bonchev–Trinajstić information content (AvgIpc) is 3.54. The molecule has 1 saturated heterocycles. The van der Waals surface area contributed by atoms with Gasteiger partial charge in [0.05, 0.1) is 0 Å². The number of carbonyl (C=O) groups is 1. The van der Waals surface area contributed by atoms with Gasteiger partial charge >= 0.3 is 6.09 Å². The lowest BCUT2D eigenvalue weighted by Crippen LogP contribution is -2.40. The molecule has 0 spiro atoms. The van der Waals surface area contributed by atoms with Crippen LogP contribution in [0.1, 0.15) is 70.0 Å². The fourth-order valence-electron chi connectivity index (χ4n) is 4.27.